The van der Waals surface area contributed by atoms with Crippen LogP contribution in [0.15, 0.2) is 58.9 Å². The minimum absolute atomic E-state index is 0.0365. The van der Waals surface area contributed by atoms with Crippen LogP contribution in [-0.2, 0) is 9.59 Å². The van der Waals surface area contributed by atoms with Crippen molar-refractivity contribution in [3.8, 4) is 17.2 Å². The minimum atomic E-state index is -0.746. The fourth-order valence-electron chi connectivity index (χ4n) is 5.96. The van der Waals surface area contributed by atoms with Crippen molar-refractivity contribution in [2.75, 3.05) is 13.2 Å². The standard InChI is InChI=1S/C29H29N3O8/c1-3-30-19-7-5-9-22(33)28(19)27(29-20(30)8-6-10-23(29)34)17-11-13-25(26(15-17)39-4-2)40-24-14-12-18(31(35)36)16-21(24)32(37)38/h11-16,27H,3-10H2,1-2H3. The summed E-state index contributed by atoms with van der Waals surface area (Å²) in [4.78, 5) is 50.2. The number of benzene rings is 2. The number of hydrogen-bond donors (Lipinski definition) is 0. The SMILES string of the molecule is CCOc1cc(C2C3=C(CCCC3=O)N(CC)C3=C2C(=O)CCC3)ccc1Oc1ccc([N+](=O)[O-])cc1[N+](=O)[O-]. The average Bonchev–Trinajstić information content (AvgIpc) is 2.93. The Morgan fingerprint density at radius 2 is 1.45 bits per heavy atom. The summed E-state index contributed by atoms with van der Waals surface area (Å²) in [6.07, 6.45) is 3.91. The Balaban J connectivity index is 1.62. The van der Waals surface area contributed by atoms with E-state index in [-0.39, 0.29) is 35.4 Å². The van der Waals surface area contributed by atoms with Crippen molar-refractivity contribution in [2.24, 2.45) is 0 Å². The Labute approximate surface area is 230 Å². The molecule has 208 valence electrons. The molecule has 2 aliphatic carbocycles. The normalized spacial score (nSPS) is 17.5. The Kier molecular flexibility index (Phi) is 7.38. The Morgan fingerprint density at radius 1 is 0.825 bits per heavy atom. The third-order valence-electron chi connectivity index (χ3n) is 7.57. The maximum absolute atomic E-state index is 13.4. The van der Waals surface area contributed by atoms with E-state index >= 15 is 0 Å². The lowest BCUT2D eigenvalue weighted by atomic mass is 9.71. The van der Waals surface area contributed by atoms with Crippen molar-refractivity contribution in [1.82, 2.24) is 4.90 Å². The highest BCUT2D eigenvalue weighted by Gasteiger charge is 2.43. The third-order valence-corrected chi connectivity index (χ3v) is 7.57. The highest BCUT2D eigenvalue weighted by molar-refractivity contribution is 6.06. The first-order valence-corrected chi connectivity index (χ1v) is 13.4. The molecule has 1 aliphatic heterocycles. The Morgan fingerprint density at radius 3 is 2.00 bits per heavy atom. The third kappa shape index (κ3) is 4.72. The van der Waals surface area contributed by atoms with Crippen molar-refractivity contribution in [2.45, 2.75) is 58.3 Å². The average molecular weight is 548 g/mol. The summed E-state index contributed by atoms with van der Waals surface area (Å²) in [5.74, 6) is -0.192. The van der Waals surface area contributed by atoms with Gasteiger partial charge in [-0.25, -0.2) is 0 Å². The number of allylic oxidation sites excluding steroid dienone is 4. The summed E-state index contributed by atoms with van der Waals surface area (Å²) in [7, 11) is 0. The largest absolute Gasteiger partial charge is 0.490 e. The first kappa shape index (κ1) is 27.0. The molecule has 0 saturated heterocycles. The van der Waals surface area contributed by atoms with Gasteiger partial charge in [-0.1, -0.05) is 6.07 Å². The van der Waals surface area contributed by atoms with Crippen LogP contribution in [0, 0.1) is 20.2 Å². The number of hydrogen-bond acceptors (Lipinski definition) is 9. The van der Waals surface area contributed by atoms with Crippen LogP contribution in [-0.4, -0.2) is 39.5 Å². The van der Waals surface area contributed by atoms with Crippen molar-refractivity contribution >= 4 is 22.9 Å². The number of carbonyl (C=O) groups excluding carboxylic acids is 2. The summed E-state index contributed by atoms with van der Waals surface area (Å²) >= 11 is 0. The van der Waals surface area contributed by atoms with Gasteiger partial charge in [-0.3, -0.25) is 29.8 Å². The molecular weight excluding hydrogens is 518 g/mol. The van der Waals surface area contributed by atoms with Crippen LogP contribution >= 0.6 is 0 Å². The van der Waals surface area contributed by atoms with Crippen LogP contribution < -0.4 is 9.47 Å². The fraction of sp³-hybridized carbons (Fsp3) is 0.379. The molecule has 11 nitrogen and oxygen atoms in total. The monoisotopic (exact) mass is 547 g/mol. The van der Waals surface area contributed by atoms with Gasteiger partial charge in [0.05, 0.1) is 22.5 Å². The molecule has 40 heavy (non-hydrogen) atoms. The zero-order valence-electron chi connectivity index (χ0n) is 22.3. The van der Waals surface area contributed by atoms with Gasteiger partial charge in [-0.15, -0.1) is 0 Å². The van der Waals surface area contributed by atoms with Gasteiger partial charge in [0.1, 0.15) is 0 Å². The summed E-state index contributed by atoms with van der Waals surface area (Å²) in [6.45, 7) is 4.75. The van der Waals surface area contributed by atoms with Gasteiger partial charge in [-0.2, -0.15) is 0 Å². The topological polar surface area (TPSA) is 142 Å². The maximum Gasteiger partial charge on any atom is 0.318 e. The zero-order valence-corrected chi connectivity index (χ0v) is 22.3. The quantitative estimate of drug-likeness (QED) is 0.282. The molecule has 11 heteroatoms. The number of carbonyl (C=O) groups is 2. The lowest BCUT2D eigenvalue weighted by Crippen LogP contribution is -2.39. The van der Waals surface area contributed by atoms with Crippen molar-refractivity contribution in [1.29, 1.82) is 0 Å². The summed E-state index contributed by atoms with van der Waals surface area (Å²) in [5.41, 5.74) is 3.00. The molecule has 0 atom stereocenters. The van der Waals surface area contributed by atoms with Crippen LogP contribution in [0.3, 0.4) is 0 Å². The highest BCUT2D eigenvalue weighted by atomic mass is 16.6. The second-order valence-corrected chi connectivity index (χ2v) is 9.86. The maximum atomic E-state index is 13.4. The smallest absolute Gasteiger partial charge is 0.318 e. The number of nitrogens with zero attached hydrogens (tertiary/aromatic N) is 3. The minimum Gasteiger partial charge on any atom is -0.490 e. The lowest BCUT2D eigenvalue weighted by molar-refractivity contribution is -0.394. The van der Waals surface area contributed by atoms with Gasteiger partial charge in [0.15, 0.2) is 23.1 Å². The highest BCUT2D eigenvalue weighted by Crippen LogP contribution is 2.50. The van der Waals surface area contributed by atoms with E-state index in [1.54, 1.807) is 25.1 Å². The van der Waals surface area contributed by atoms with Crippen LogP contribution in [0.5, 0.6) is 17.2 Å². The molecule has 0 N–H and O–H groups in total. The van der Waals surface area contributed by atoms with Crippen LogP contribution in [0.25, 0.3) is 0 Å². The first-order chi connectivity index (χ1) is 19.2. The van der Waals surface area contributed by atoms with E-state index in [9.17, 15) is 29.8 Å². The molecule has 2 aromatic rings. The van der Waals surface area contributed by atoms with Gasteiger partial charge in [0.2, 0.25) is 5.75 Å². The number of Topliss-reactive ketones (excluding diaryl/α,β-unsaturated/α-hetero) is 2. The number of nitro benzene ring substituents is 2. The molecule has 0 spiro atoms. The lowest BCUT2D eigenvalue weighted by Gasteiger charge is -2.43. The fourth-order valence-corrected chi connectivity index (χ4v) is 5.96. The molecule has 1 heterocycles. The number of rotatable bonds is 8. The van der Waals surface area contributed by atoms with E-state index in [1.807, 2.05) is 6.92 Å². The van der Waals surface area contributed by atoms with E-state index in [0.717, 1.165) is 49.2 Å². The number of non-ortho nitro benzene ring substituents is 1. The predicted molar refractivity (Wildman–Crippen MR) is 144 cm³/mol. The predicted octanol–water partition coefficient (Wildman–Crippen LogP) is 6.13. The van der Waals surface area contributed by atoms with Crippen LogP contribution in [0.4, 0.5) is 11.4 Å². The molecule has 3 aliphatic rings. The Hall–Kier alpha value is -4.54. The summed E-state index contributed by atoms with van der Waals surface area (Å²) in [5, 5.41) is 22.8. The van der Waals surface area contributed by atoms with E-state index < -0.39 is 27.1 Å². The van der Waals surface area contributed by atoms with E-state index in [0.29, 0.717) is 36.1 Å². The molecule has 0 saturated carbocycles. The van der Waals surface area contributed by atoms with E-state index in [4.69, 9.17) is 9.47 Å². The zero-order chi connectivity index (χ0) is 28.6. The van der Waals surface area contributed by atoms with Gasteiger partial charge >= 0.3 is 5.69 Å². The van der Waals surface area contributed by atoms with E-state index in [2.05, 4.69) is 4.90 Å². The van der Waals surface area contributed by atoms with Crippen molar-refractivity contribution in [3.63, 3.8) is 0 Å². The van der Waals surface area contributed by atoms with Crippen molar-refractivity contribution in [3.05, 3.63) is 84.7 Å². The Bertz CT molecular complexity index is 1450. The van der Waals surface area contributed by atoms with Crippen molar-refractivity contribution < 1.29 is 28.9 Å². The molecule has 0 aromatic heterocycles. The first-order valence-electron chi connectivity index (χ1n) is 13.4. The van der Waals surface area contributed by atoms with Gasteiger partial charge in [0.25, 0.3) is 5.69 Å². The number of ketones is 2. The molecule has 0 radical (unpaired) electrons. The molecule has 0 amide bonds. The molecule has 2 aromatic carbocycles. The van der Waals surface area contributed by atoms with Gasteiger partial charge in [0, 0.05) is 53.9 Å². The van der Waals surface area contributed by atoms with E-state index in [1.165, 1.54) is 6.07 Å². The van der Waals surface area contributed by atoms with Crippen LogP contribution in [0.2, 0.25) is 0 Å². The number of ether oxygens (including phenoxy) is 2. The summed E-state index contributed by atoms with van der Waals surface area (Å²) < 4.78 is 11.7. The molecule has 5 rings (SSSR count). The van der Waals surface area contributed by atoms with Gasteiger partial charge < -0.3 is 14.4 Å². The number of nitro groups is 2. The molecule has 0 unspecified atom stereocenters. The van der Waals surface area contributed by atoms with Crippen LogP contribution in [0.1, 0.15) is 63.9 Å². The molecule has 0 fully saturated rings. The second kappa shape index (κ2) is 10.9. The molecule has 0 bridgehead atoms. The molecular formula is C29H29N3O8. The summed E-state index contributed by atoms with van der Waals surface area (Å²) in [6, 6.07) is 8.22. The second-order valence-electron chi connectivity index (χ2n) is 9.86. The van der Waals surface area contributed by atoms with Gasteiger partial charge in [-0.05, 0) is 63.3 Å².